The molecule has 29 heavy (non-hydrogen) atoms. The third-order valence-corrected chi connectivity index (χ3v) is 6.16. The molecule has 0 aliphatic carbocycles. The maximum absolute atomic E-state index is 12.6. The Morgan fingerprint density at radius 3 is 2.34 bits per heavy atom. The van der Waals surface area contributed by atoms with Crippen LogP contribution >= 0.6 is 0 Å². The first-order chi connectivity index (χ1) is 13.8. The Morgan fingerprint density at radius 2 is 1.69 bits per heavy atom. The lowest BCUT2D eigenvalue weighted by molar-refractivity contribution is 0.0342. The van der Waals surface area contributed by atoms with Gasteiger partial charge in [0, 0.05) is 33.2 Å². The van der Waals surface area contributed by atoms with Crippen LogP contribution in [0, 0.1) is 0 Å². The van der Waals surface area contributed by atoms with E-state index in [1.807, 2.05) is 12.1 Å². The van der Waals surface area contributed by atoms with Crippen molar-refractivity contribution in [3.05, 3.63) is 65.2 Å². The van der Waals surface area contributed by atoms with E-state index in [2.05, 4.69) is 22.3 Å². The quantitative estimate of drug-likeness (QED) is 0.744. The number of carbonyl (C=O) groups excluding carboxylic acids is 1. The highest BCUT2D eigenvalue weighted by Gasteiger charge is 2.19. The Labute approximate surface area is 172 Å². The fourth-order valence-electron chi connectivity index (χ4n) is 3.18. The smallest absolute Gasteiger partial charge is 0.253 e. The van der Waals surface area contributed by atoms with Crippen LogP contribution in [0.5, 0.6) is 0 Å². The SMILES string of the molecule is CN(c1ccccc1C(=O)NCc1ccc(CN2CCOCC2)cc1)S(C)(=O)=O. The molecule has 0 radical (unpaired) electrons. The molecule has 1 saturated heterocycles. The van der Waals surface area contributed by atoms with E-state index in [0.717, 1.165) is 49.0 Å². The number of nitrogens with zero attached hydrogens (tertiary/aromatic N) is 2. The maximum atomic E-state index is 12.6. The van der Waals surface area contributed by atoms with Crippen molar-refractivity contribution >= 4 is 21.6 Å². The zero-order valence-corrected chi connectivity index (χ0v) is 17.6. The van der Waals surface area contributed by atoms with Crippen LogP contribution in [0.2, 0.25) is 0 Å². The second-order valence-corrected chi connectivity index (χ2v) is 9.15. The van der Waals surface area contributed by atoms with E-state index in [9.17, 15) is 13.2 Å². The van der Waals surface area contributed by atoms with Crippen molar-refractivity contribution in [2.45, 2.75) is 13.1 Å². The summed E-state index contributed by atoms with van der Waals surface area (Å²) in [5.74, 6) is -0.312. The van der Waals surface area contributed by atoms with Gasteiger partial charge < -0.3 is 10.1 Å². The van der Waals surface area contributed by atoms with Crippen LogP contribution in [0.25, 0.3) is 0 Å². The summed E-state index contributed by atoms with van der Waals surface area (Å²) in [6.07, 6.45) is 1.11. The second kappa shape index (κ2) is 9.39. The van der Waals surface area contributed by atoms with Gasteiger partial charge in [-0.3, -0.25) is 14.0 Å². The van der Waals surface area contributed by atoms with Gasteiger partial charge in [-0.05, 0) is 23.3 Å². The number of amides is 1. The van der Waals surface area contributed by atoms with Gasteiger partial charge in [0.2, 0.25) is 10.0 Å². The van der Waals surface area contributed by atoms with Gasteiger partial charge in [-0.2, -0.15) is 0 Å². The van der Waals surface area contributed by atoms with E-state index in [0.29, 0.717) is 17.8 Å². The van der Waals surface area contributed by atoms with Crippen LogP contribution in [0.1, 0.15) is 21.5 Å². The average molecular weight is 418 g/mol. The molecule has 156 valence electrons. The highest BCUT2D eigenvalue weighted by atomic mass is 32.2. The van der Waals surface area contributed by atoms with E-state index in [-0.39, 0.29) is 5.91 Å². The molecule has 1 heterocycles. The molecule has 3 rings (SSSR count). The average Bonchev–Trinajstić information content (AvgIpc) is 2.72. The standard InChI is InChI=1S/C21H27N3O4S/c1-23(29(2,26)27)20-6-4-3-5-19(20)21(25)22-15-17-7-9-18(10-8-17)16-24-11-13-28-14-12-24/h3-10H,11-16H2,1-2H3,(H,22,25). The van der Waals surface area contributed by atoms with Crippen LogP contribution < -0.4 is 9.62 Å². The fraction of sp³-hybridized carbons (Fsp3) is 0.381. The summed E-state index contributed by atoms with van der Waals surface area (Å²) in [4.78, 5) is 15.0. The molecule has 1 aliphatic rings. The molecule has 0 unspecified atom stereocenters. The van der Waals surface area contributed by atoms with Crippen LogP contribution in [0.3, 0.4) is 0 Å². The summed E-state index contributed by atoms with van der Waals surface area (Å²) < 4.78 is 30.2. The van der Waals surface area contributed by atoms with Crippen LogP contribution in [-0.4, -0.2) is 58.8 Å². The van der Waals surface area contributed by atoms with Crippen LogP contribution in [-0.2, 0) is 27.8 Å². The second-order valence-electron chi connectivity index (χ2n) is 7.14. The number of nitrogens with one attached hydrogen (secondary N) is 1. The van der Waals surface area contributed by atoms with Crippen molar-refractivity contribution in [3.8, 4) is 0 Å². The van der Waals surface area contributed by atoms with Gasteiger partial charge in [0.05, 0.1) is 30.7 Å². The maximum Gasteiger partial charge on any atom is 0.253 e. The summed E-state index contributed by atoms with van der Waals surface area (Å²) in [5.41, 5.74) is 2.89. The summed E-state index contributed by atoms with van der Waals surface area (Å²) in [6, 6.07) is 14.8. The van der Waals surface area contributed by atoms with E-state index in [4.69, 9.17) is 4.74 Å². The predicted octanol–water partition coefficient (Wildman–Crippen LogP) is 1.84. The molecule has 2 aromatic rings. The number of morpholine rings is 1. The van der Waals surface area contributed by atoms with Crippen molar-refractivity contribution in [3.63, 3.8) is 0 Å². The van der Waals surface area contributed by atoms with Crippen molar-refractivity contribution in [1.82, 2.24) is 10.2 Å². The summed E-state index contributed by atoms with van der Waals surface area (Å²) in [5, 5.41) is 2.88. The molecule has 0 atom stereocenters. The molecule has 1 N–H and O–H groups in total. The predicted molar refractivity (Wildman–Crippen MR) is 113 cm³/mol. The molecule has 7 nitrogen and oxygen atoms in total. The lowest BCUT2D eigenvalue weighted by atomic mass is 10.1. The molecule has 0 aromatic heterocycles. The molecular weight excluding hydrogens is 390 g/mol. The number of carbonyl (C=O) groups is 1. The number of para-hydroxylation sites is 1. The molecular formula is C21H27N3O4S. The van der Waals surface area contributed by atoms with Gasteiger partial charge in [0.25, 0.3) is 5.91 Å². The topological polar surface area (TPSA) is 79.0 Å². The zero-order valence-electron chi connectivity index (χ0n) is 16.8. The first-order valence-corrected chi connectivity index (χ1v) is 11.4. The van der Waals surface area contributed by atoms with Gasteiger partial charge in [0.15, 0.2) is 0 Å². The highest BCUT2D eigenvalue weighted by molar-refractivity contribution is 7.92. The number of benzene rings is 2. The van der Waals surface area contributed by atoms with Gasteiger partial charge >= 0.3 is 0 Å². The Bertz CT molecular complexity index is 939. The Kier molecular flexibility index (Phi) is 6.89. The highest BCUT2D eigenvalue weighted by Crippen LogP contribution is 2.21. The number of anilines is 1. The molecule has 8 heteroatoms. The minimum Gasteiger partial charge on any atom is -0.379 e. The monoisotopic (exact) mass is 417 g/mol. The molecule has 1 aliphatic heterocycles. The Morgan fingerprint density at radius 1 is 1.07 bits per heavy atom. The lowest BCUT2D eigenvalue weighted by Gasteiger charge is -2.26. The van der Waals surface area contributed by atoms with E-state index in [1.54, 1.807) is 24.3 Å². The number of hydrogen-bond acceptors (Lipinski definition) is 5. The number of rotatable bonds is 7. The van der Waals surface area contributed by atoms with Crippen LogP contribution in [0.4, 0.5) is 5.69 Å². The van der Waals surface area contributed by atoms with Gasteiger partial charge in [0.1, 0.15) is 0 Å². The minimum absolute atomic E-state index is 0.312. The summed E-state index contributed by atoms with van der Waals surface area (Å²) in [6.45, 7) is 4.70. The van der Waals surface area contributed by atoms with E-state index < -0.39 is 10.0 Å². The first kappa shape index (κ1) is 21.3. The third-order valence-electron chi connectivity index (χ3n) is 4.97. The number of ether oxygens (including phenoxy) is 1. The van der Waals surface area contributed by atoms with Gasteiger partial charge in [-0.25, -0.2) is 8.42 Å². The molecule has 0 saturated carbocycles. The lowest BCUT2D eigenvalue weighted by Crippen LogP contribution is -2.35. The van der Waals surface area contributed by atoms with Crippen LogP contribution in [0.15, 0.2) is 48.5 Å². The molecule has 1 amide bonds. The van der Waals surface area contributed by atoms with Crippen molar-refractivity contribution in [1.29, 1.82) is 0 Å². The van der Waals surface area contributed by atoms with Crippen molar-refractivity contribution in [2.75, 3.05) is 43.9 Å². The van der Waals surface area contributed by atoms with Gasteiger partial charge in [-0.15, -0.1) is 0 Å². The molecule has 0 bridgehead atoms. The zero-order chi connectivity index (χ0) is 20.9. The Hall–Kier alpha value is -2.42. The van der Waals surface area contributed by atoms with Gasteiger partial charge in [-0.1, -0.05) is 36.4 Å². The largest absolute Gasteiger partial charge is 0.379 e. The van der Waals surface area contributed by atoms with E-state index >= 15 is 0 Å². The fourth-order valence-corrected chi connectivity index (χ4v) is 3.69. The molecule has 0 spiro atoms. The molecule has 1 fully saturated rings. The van der Waals surface area contributed by atoms with Crippen molar-refractivity contribution < 1.29 is 17.9 Å². The number of sulfonamides is 1. The van der Waals surface area contributed by atoms with Crippen molar-refractivity contribution in [2.24, 2.45) is 0 Å². The Balaban J connectivity index is 1.61. The summed E-state index contributed by atoms with van der Waals surface area (Å²) in [7, 11) is -2.02. The third kappa shape index (κ3) is 5.79. The summed E-state index contributed by atoms with van der Waals surface area (Å²) >= 11 is 0. The minimum atomic E-state index is -3.45. The molecule has 2 aromatic carbocycles. The number of hydrogen-bond donors (Lipinski definition) is 1. The van der Waals surface area contributed by atoms with E-state index in [1.165, 1.54) is 12.6 Å². The first-order valence-electron chi connectivity index (χ1n) is 9.53. The normalized spacial score (nSPS) is 15.1.